The van der Waals surface area contributed by atoms with Gasteiger partial charge in [-0.1, -0.05) is 38.3 Å². The fourth-order valence-electron chi connectivity index (χ4n) is 3.25. The normalized spacial score (nSPS) is 17.5. The number of aryl methyl sites for hydroxylation is 1. The molecule has 116 valence electrons. The molecule has 1 aromatic carbocycles. The van der Waals surface area contributed by atoms with Crippen LogP contribution in [0.25, 0.3) is 0 Å². The first-order valence-electron chi connectivity index (χ1n) is 8.14. The molecule has 3 nitrogen and oxygen atoms in total. The zero-order chi connectivity index (χ0) is 15.3. The summed E-state index contributed by atoms with van der Waals surface area (Å²) < 4.78 is 0. The van der Waals surface area contributed by atoms with Gasteiger partial charge in [-0.2, -0.15) is 0 Å². The van der Waals surface area contributed by atoms with Crippen LogP contribution in [0, 0.1) is 0 Å². The van der Waals surface area contributed by atoms with E-state index in [-0.39, 0.29) is 11.4 Å². The van der Waals surface area contributed by atoms with E-state index in [1.165, 1.54) is 24.8 Å². The van der Waals surface area contributed by atoms with Gasteiger partial charge in [0, 0.05) is 24.7 Å². The Bertz CT molecular complexity index is 461. The van der Waals surface area contributed by atoms with Crippen molar-refractivity contribution in [3.63, 3.8) is 0 Å². The highest BCUT2D eigenvalue weighted by molar-refractivity contribution is 5.93. The molecule has 0 atom stereocenters. The van der Waals surface area contributed by atoms with Crippen molar-refractivity contribution in [2.24, 2.45) is 0 Å². The highest BCUT2D eigenvalue weighted by atomic mass is 16.2. The number of nitrogens with zero attached hydrogens (tertiary/aromatic N) is 1. The molecule has 0 bridgehead atoms. The molecule has 0 spiro atoms. The summed E-state index contributed by atoms with van der Waals surface area (Å²) in [6, 6.07) is 8.30. The number of benzene rings is 1. The number of anilines is 1. The second-order valence-electron chi connectivity index (χ2n) is 6.24. The fourth-order valence-corrected chi connectivity index (χ4v) is 3.25. The summed E-state index contributed by atoms with van der Waals surface area (Å²) in [5.74, 6) is 0.204. The van der Waals surface area contributed by atoms with Crippen LogP contribution in [0.5, 0.6) is 0 Å². The van der Waals surface area contributed by atoms with Gasteiger partial charge in [-0.15, -0.1) is 0 Å². The summed E-state index contributed by atoms with van der Waals surface area (Å²) in [6.45, 7) is 2.14. The van der Waals surface area contributed by atoms with Gasteiger partial charge in [0.25, 0.3) is 0 Å². The Hall–Kier alpha value is -1.35. The van der Waals surface area contributed by atoms with Gasteiger partial charge in [0.05, 0.1) is 0 Å². The first-order chi connectivity index (χ1) is 10.1. The van der Waals surface area contributed by atoms with Gasteiger partial charge in [-0.05, 0) is 44.0 Å². The van der Waals surface area contributed by atoms with Gasteiger partial charge in [-0.25, -0.2) is 0 Å². The number of rotatable bonds is 5. The number of amides is 1. The number of hydrogen-bond donors (Lipinski definition) is 1. The lowest BCUT2D eigenvalue weighted by Crippen LogP contribution is -2.48. The van der Waals surface area contributed by atoms with E-state index >= 15 is 0 Å². The van der Waals surface area contributed by atoms with Gasteiger partial charge < -0.3 is 10.2 Å². The molecule has 2 rings (SSSR count). The minimum absolute atomic E-state index is 0.00690. The quantitative estimate of drug-likeness (QED) is 0.899. The average molecular weight is 288 g/mol. The molecule has 1 aliphatic rings. The fraction of sp³-hybridized carbons (Fsp3) is 0.611. The van der Waals surface area contributed by atoms with Crippen molar-refractivity contribution in [1.29, 1.82) is 0 Å². The predicted octanol–water partition coefficient (Wildman–Crippen LogP) is 3.52. The Kier molecular flexibility index (Phi) is 5.40. The molecule has 0 heterocycles. The van der Waals surface area contributed by atoms with Gasteiger partial charge >= 0.3 is 0 Å². The van der Waals surface area contributed by atoms with E-state index < -0.39 is 0 Å². The van der Waals surface area contributed by atoms with E-state index in [0.29, 0.717) is 6.42 Å². The van der Waals surface area contributed by atoms with Crippen molar-refractivity contribution in [3.05, 3.63) is 29.8 Å². The maximum absolute atomic E-state index is 12.6. The summed E-state index contributed by atoms with van der Waals surface area (Å²) in [5, 5.41) is 3.43. The zero-order valence-corrected chi connectivity index (χ0v) is 13.6. The van der Waals surface area contributed by atoms with Crippen molar-refractivity contribution in [2.45, 2.75) is 57.4 Å². The molecule has 1 aliphatic carbocycles. The van der Waals surface area contributed by atoms with Crippen LogP contribution in [-0.2, 0) is 11.2 Å². The van der Waals surface area contributed by atoms with Crippen molar-refractivity contribution < 1.29 is 4.79 Å². The lowest BCUT2D eigenvalue weighted by molar-refractivity contribution is -0.120. The summed E-state index contributed by atoms with van der Waals surface area (Å²) >= 11 is 0. The molecule has 0 aromatic heterocycles. The maximum atomic E-state index is 12.6. The molecule has 0 unspecified atom stereocenters. The molecule has 1 N–H and O–H groups in total. The van der Waals surface area contributed by atoms with E-state index in [1.807, 2.05) is 26.2 Å². The molecule has 3 heteroatoms. The second-order valence-corrected chi connectivity index (χ2v) is 6.24. The number of carbonyl (C=O) groups is 1. The Morgan fingerprint density at radius 3 is 2.33 bits per heavy atom. The predicted molar refractivity (Wildman–Crippen MR) is 88.7 cm³/mol. The molecule has 1 fully saturated rings. The SMILES string of the molecule is CCc1ccc(N(C)C(=O)CC2(NC)CCCCC2)cc1. The van der Waals surface area contributed by atoms with Crippen LogP contribution in [0.3, 0.4) is 0 Å². The first-order valence-corrected chi connectivity index (χ1v) is 8.14. The molecule has 0 saturated heterocycles. The van der Waals surface area contributed by atoms with Crippen molar-refractivity contribution in [3.8, 4) is 0 Å². The van der Waals surface area contributed by atoms with Crippen LogP contribution < -0.4 is 10.2 Å². The van der Waals surface area contributed by atoms with Crippen LogP contribution in [0.2, 0.25) is 0 Å². The van der Waals surface area contributed by atoms with Crippen molar-refractivity contribution in [2.75, 3.05) is 19.0 Å². The van der Waals surface area contributed by atoms with E-state index in [1.54, 1.807) is 4.90 Å². The van der Waals surface area contributed by atoms with E-state index in [2.05, 4.69) is 24.4 Å². The highest BCUT2D eigenvalue weighted by Crippen LogP contribution is 2.31. The molecule has 1 aromatic rings. The summed E-state index contributed by atoms with van der Waals surface area (Å²) in [4.78, 5) is 14.4. The molecule has 0 radical (unpaired) electrons. The Morgan fingerprint density at radius 1 is 1.19 bits per heavy atom. The third-order valence-electron chi connectivity index (χ3n) is 4.94. The van der Waals surface area contributed by atoms with Crippen LogP contribution in [0.4, 0.5) is 5.69 Å². The van der Waals surface area contributed by atoms with Crippen LogP contribution in [0.1, 0.15) is 51.0 Å². The summed E-state index contributed by atoms with van der Waals surface area (Å²) in [5.41, 5.74) is 2.30. The van der Waals surface area contributed by atoms with Gasteiger partial charge in [0.2, 0.25) is 5.91 Å². The number of carbonyl (C=O) groups excluding carboxylic acids is 1. The average Bonchev–Trinajstić information content (AvgIpc) is 2.55. The minimum atomic E-state index is 0.00690. The monoisotopic (exact) mass is 288 g/mol. The lowest BCUT2D eigenvalue weighted by atomic mass is 9.79. The van der Waals surface area contributed by atoms with Crippen LogP contribution in [-0.4, -0.2) is 25.5 Å². The molecular formula is C18H28N2O. The minimum Gasteiger partial charge on any atom is -0.315 e. The van der Waals surface area contributed by atoms with E-state index in [4.69, 9.17) is 0 Å². The van der Waals surface area contributed by atoms with Gasteiger partial charge in [0.15, 0.2) is 0 Å². The Labute approximate surface area is 128 Å². The lowest BCUT2D eigenvalue weighted by Gasteiger charge is -2.37. The molecule has 1 saturated carbocycles. The number of nitrogens with one attached hydrogen (secondary N) is 1. The van der Waals surface area contributed by atoms with Crippen molar-refractivity contribution in [1.82, 2.24) is 5.32 Å². The highest BCUT2D eigenvalue weighted by Gasteiger charge is 2.33. The first kappa shape index (κ1) is 16.0. The van der Waals surface area contributed by atoms with Crippen LogP contribution >= 0.6 is 0 Å². The Balaban J connectivity index is 2.03. The topological polar surface area (TPSA) is 32.3 Å². The van der Waals surface area contributed by atoms with Gasteiger partial charge in [-0.3, -0.25) is 4.79 Å². The van der Waals surface area contributed by atoms with Gasteiger partial charge in [0.1, 0.15) is 0 Å². The second kappa shape index (κ2) is 7.08. The standard InChI is InChI=1S/C18H28N2O/c1-4-15-8-10-16(11-9-15)20(3)17(21)14-18(19-2)12-6-5-7-13-18/h8-11,19H,4-7,12-14H2,1-3H3. The third kappa shape index (κ3) is 3.85. The van der Waals surface area contributed by atoms with Crippen LogP contribution in [0.15, 0.2) is 24.3 Å². The van der Waals surface area contributed by atoms with E-state index in [0.717, 1.165) is 24.9 Å². The third-order valence-corrected chi connectivity index (χ3v) is 4.94. The van der Waals surface area contributed by atoms with E-state index in [9.17, 15) is 4.79 Å². The Morgan fingerprint density at radius 2 is 1.81 bits per heavy atom. The zero-order valence-electron chi connectivity index (χ0n) is 13.6. The number of hydrogen-bond acceptors (Lipinski definition) is 2. The smallest absolute Gasteiger partial charge is 0.228 e. The molecule has 0 aliphatic heterocycles. The molecule has 21 heavy (non-hydrogen) atoms. The summed E-state index contributed by atoms with van der Waals surface area (Å²) in [6.07, 6.45) is 7.59. The van der Waals surface area contributed by atoms with Crippen molar-refractivity contribution >= 4 is 11.6 Å². The largest absolute Gasteiger partial charge is 0.315 e. The molecular weight excluding hydrogens is 260 g/mol. The summed E-state index contributed by atoms with van der Waals surface area (Å²) in [7, 11) is 3.88. The maximum Gasteiger partial charge on any atom is 0.228 e. The molecule has 1 amide bonds.